The van der Waals surface area contributed by atoms with Gasteiger partial charge in [0.2, 0.25) is 5.76 Å². The Labute approximate surface area is 169 Å². The maximum absolute atomic E-state index is 13.4. The lowest BCUT2D eigenvalue weighted by Crippen LogP contribution is -2.32. The summed E-state index contributed by atoms with van der Waals surface area (Å²) in [5.74, 6) is 0.586. The number of hydrogen-bond acceptors (Lipinski definition) is 5. The van der Waals surface area contributed by atoms with E-state index in [-0.39, 0.29) is 17.1 Å². The zero-order chi connectivity index (χ0) is 20.5. The quantitative estimate of drug-likeness (QED) is 0.644. The van der Waals surface area contributed by atoms with Crippen molar-refractivity contribution in [2.45, 2.75) is 12.5 Å². The Bertz CT molecular complexity index is 1120. The van der Waals surface area contributed by atoms with Crippen LogP contribution in [-0.4, -0.2) is 50.0 Å². The van der Waals surface area contributed by atoms with Gasteiger partial charge in [0.1, 0.15) is 11.3 Å². The maximum Gasteiger partial charge on any atom is 0.290 e. The molecule has 0 radical (unpaired) electrons. The zero-order valence-electron chi connectivity index (χ0n) is 16.8. The van der Waals surface area contributed by atoms with Crippen molar-refractivity contribution in [1.82, 2.24) is 9.80 Å². The van der Waals surface area contributed by atoms with Crippen molar-refractivity contribution in [3.8, 4) is 5.75 Å². The summed E-state index contributed by atoms with van der Waals surface area (Å²) in [6.07, 6.45) is 0.793. The third kappa shape index (κ3) is 3.40. The number of nitrogens with zero attached hydrogens (tertiary/aromatic N) is 2. The molecule has 1 atom stereocenters. The second kappa shape index (κ2) is 7.72. The van der Waals surface area contributed by atoms with Crippen LogP contribution in [0.3, 0.4) is 0 Å². The summed E-state index contributed by atoms with van der Waals surface area (Å²) in [4.78, 5) is 30.4. The Morgan fingerprint density at radius 1 is 1.10 bits per heavy atom. The van der Waals surface area contributed by atoms with Crippen LogP contribution in [0.15, 0.2) is 57.7 Å². The number of methoxy groups -OCH3 is 1. The summed E-state index contributed by atoms with van der Waals surface area (Å²) < 4.78 is 11.3. The van der Waals surface area contributed by atoms with Crippen molar-refractivity contribution >= 4 is 16.9 Å². The summed E-state index contributed by atoms with van der Waals surface area (Å²) >= 11 is 0. The number of fused-ring (bicyclic) bond motifs is 2. The summed E-state index contributed by atoms with van der Waals surface area (Å²) in [7, 11) is 5.60. The van der Waals surface area contributed by atoms with Crippen LogP contribution < -0.4 is 10.2 Å². The standard InChI is InChI=1S/C23H24N2O4/c1-24(2)12-7-13-25-20(15-8-6-9-16(14-15)28-3)19-21(26)17-10-4-5-11-18(17)29-22(19)23(25)27/h4-6,8-11,14,20H,7,12-13H2,1-3H3/t20-/m0/s1. The number of carbonyl (C=O) groups excluding carboxylic acids is 1. The molecule has 0 spiro atoms. The monoisotopic (exact) mass is 392 g/mol. The average molecular weight is 392 g/mol. The van der Waals surface area contributed by atoms with E-state index in [1.165, 1.54) is 0 Å². The molecule has 1 aliphatic heterocycles. The molecule has 6 heteroatoms. The van der Waals surface area contributed by atoms with Gasteiger partial charge < -0.3 is 19.0 Å². The predicted octanol–water partition coefficient (Wildman–Crippen LogP) is 3.30. The van der Waals surface area contributed by atoms with Gasteiger partial charge in [0.05, 0.1) is 24.1 Å². The van der Waals surface area contributed by atoms with E-state index >= 15 is 0 Å². The van der Waals surface area contributed by atoms with Gasteiger partial charge in [0.15, 0.2) is 5.43 Å². The molecule has 2 aromatic carbocycles. The molecule has 1 aromatic heterocycles. The fraction of sp³-hybridized carbons (Fsp3) is 0.304. The topological polar surface area (TPSA) is 63.0 Å². The Hall–Kier alpha value is -3.12. The maximum atomic E-state index is 13.4. The van der Waals surface area contributed by atoms with Crippen LogP contribution in [0.2, 0.25) is 0 Å². The number of carbonyl (C=O) groups is 1. The first-order chi connectivity index (χ1) is 14.0. The van der Waals surface area contributed by atoms with E-state index < -0.39 is 6.04 Å². The van der Waals surface area contributed by atoms with Crippen LogP contribution in [0.25, 0.3) is 11.0 Å². The van der Waals surface area contributed by atoms with Crippen molar-refractivity contribution in [1.29, 1.82) is 0 Å². The van der Waals surface area contributed by atoms with Crippen LogP contribution in [-0.2, 0) is 0 Å². The second-order valence-corrected chi connectivity index (χ2v) is 7.50. The third-order valence-corrected chi connectivity index (χ3v) is 5.29. The van der Waals surface area contributed by atoms with E-state index in [0.29, 0.717) is 28.8 Å². The molecule has 0 fully saturated rings. The normalized spacial score (nSPS) is 15.9. The minimum absolute atomic E-state index is 0.145. The molecule has 0 bridgehead atoms. The number of ether oxygens (including phenoxy) is 1. The van der Waals surface area contributed by atoms with E-state index in [0.717, 1.165) is 18.5 Å². The van der Waals surface area contributed by atoms with Gasteiger partial charge in [0.25, 0.3) is 5.91 Å². The Kier molecular flexibility index (Phi) is 5.11. The summed E-state index contributed by atoms with van der Waals surface area (Å²) in [6, 6.07) is 14.1. The Morgan fingerprint density at radius 3 is 2.66 bits per heavy atom. The third-order valence-electron chi connectivity index (χ3n) is 5.29. The molecule has 0 unspecified atom stereocenters. The van der Waals surface area contributed by atoms with Gasteiger partial charge in [-0.2, -0.15) is 0 Å². The van der Waals surface area contributed by atoms with Crippen LogP contribution in [0.4, 0.5) is 0 Å². The van der Waals surface area contributed by atoms with Crippen LogP contribution in [0, 0.1) is 0 Å². The fourth-order valence-electron chi connectivity index (χ4n) is 3.91. The minimum atomic E-state index is -0.490. The second-order valence-electron chi connectivity index (χ2n) is 7.50. The first-order valence-electron chi connectivity index (χ1n) is 9.66. The van der Waals surface area contributed by atoms with Crippen molar-refractivity contribution in [3.05, 3.63) is 75.6 Å². The number of rotatable bonds is 6. The predicted molar refractivity (Wildman–Crippen MR) is 112 cm³/mol. The summed E-state index contributed by atoms with van der Waals surface area (Å²) in [5.41, 5.74) is 1.53. The minimum Gasteiger partial charge on any atom is -0.497 e. The molecular formula is C23H24N2O4. The molecule has 0 aliphatic carbocycles. The molecule has 1 aliphatic rings. The fourth-order valence-corrected chi connectivity index (χ4v) is 3.91. The highest BCUT2D eigenvalue weighted by Gasteiger charge is 2.42. The first kappa shape index (κ1) is 19.2. The molecule has 29 heavy (non-hydrogen) atoms. The van der Waals surface area contributed by atoms with Crippen molar-refractivity contribution in [2.24, 2.45) is 0 Å². The molecule has 0 N–H and O–H groups in total. The lowest BCUT2D eigenvalue weighted by atomic mass is 9.98. The largest absolute Gasteiger partial charge is 0.497 e. The first-order valence-corrected chi connectivity index (χ1v) is 9.66. The average Bonchev–Trinajstić information content (AvgIpc) is 3.00. The molecule has 1 amide bonds. The van der Waals surface area contributed by atoms with Crippen LogP contribution in [0.1, 0.15) is 34.1 Å². The number of amides is 1. The van der Waals surface area contributed by atoms with Crippen molar-refractivity contribution in [2.75, 3.05) is 34.3 Å². The van der Waals surface area contributed by atoms with Gasteiger partial charge in [-0.15, -0.1) is 0 Å². The number of para-hydroxylation sites is 1. The van der Waals surface area contributed by atoms with Gasteiger partial charge in [-0.3, -0.25) is 9.59 Å². The van der Waals surface area contributed by atoms with Crippen LogP contribution >= 0.6 is 0 Å². The molecule has 6 nitrogen and oxygen atoms in total. The summed E-state index contributed by atoms with van der Waals surface area (Å²) in [5, 5.41) is 0.488. The van der Waals surface area contributed by atoms with Gasteiger partial charge in [-0.25, -0.2) is 0 Å². The highest BCUT2D eigenvalue weighted by atomic mass is 16.5. The molecule has 4 rings (SSSR count). The van der Waals surface area contributed by atoms with E-state index in [2.05, 4.69) is 4.90 Å². The van der Waals surface area contributed by atoms with E-state index in [4.69, 9.17) is 9.15 Å². The SMILES string of the molecule is COc1cccc([C@H]2c3c(oc4ccccc4c3=O)C(=O)N2CCCN(C)C)c1. The lowest BCUT2D eigenvalue weighted by Gasteiger charge is -2.26. The highest BCUT2D eigenvalue weighted by Crippen LogP contribution is 2.39. The number of benzene rings is 2. The van der Waals surface area contributed by atoms with Crippen LogP contribution in [0.5, 0.6) is 5.75 Å². The van der Waals surface area contributed by atoms with E-state index in [1.54, 1.807) is 36.3 Å². The molecule has 150 valence electrons. The van der Waals surface area contributed by atoms with Gasteiger partial charge in [0, 0.05) is 6.54 Å². The smallest absolute Gasteiger partial charge is 0.290 e. The zero-order valence-corrected chi connectivity index (χ0v) is 16.8. The highest BCUT2D eigenvalue weighted by molar-refractivity contribution is 5.99. The van der Waals surface area contributed by atoms with Crippen molar-refractivity contribution < 1.29 is 13.9 Å². The Balaban J connectivity index is 1.87. The molecular weight excluding hydrogens is 368 g/mol. The van der Waals surface area contributed by atoms with E-state index in [1.807, 2.05) is 38.4 Å². The lowest BCUT2D eigenvalue weighted by molar-refractivity contribution is 0.0722. The molecule has 2 heterocycles. The molecule has 3 aromatic rings. The summed E-state index contributed by atoms with van der Waals surface area (Å²) in [6.45, 7) is 1.37. The molecule has 0 saturated heterocycles. The Morgan fingerprint density at radius 2 is 1.90 bits per heavy atom. The van der Waals surface area contributed by atoms with Gasteiger partial charge in [-0.1, -0.05) is 24.3 Å². The van der Waals surface area contributed by atoms with E-state index in [9.17, 15) is 9.59 Å². The number of hydrogen-bond donors (Lipinski definition) is 0. The van der Waals surface area contributed by atoms with Gasteiger partial charge in [-0.05, 0) is 56.9 Å². The molecule has 0 saturated carbocycles. The van der Waals surface area contributed by atoms with Gasteiger partial charge >= 0.3 is 0 Å². The van der Waals surface area contributed by atoms with Crippen molar-refractivity contribution in [3.63, 3.8) is 0 Å².